The lowest BCUT2D eigenvalue weighted by Crippen LogP contribution is -2.12. The lowest BCUT2D eigenvalue weighted by molar-refractivity contribution is 0.102. The fourth-order valence-electron chi connectivity index (χ4n) is 4.22. The van der Waals surface area contributed by atoms with Crippen LogP contribution in [-0.4, -0.2) is 16.7 Å². The van der Waals surface area contributed by atoms with Gasteiger partial charge in [0.25, 0.3) is 5.91 Å². The molecule has 0 atom stereocenters. The Morgan fingerprint density at radius 3 is 2.26 bits per heavy atom. The van der Waals surface area contributed by atoms with Crippen molar-refractivity contribution in [1.29, 1.82) is 0 Å². The van der Waals surface area contributed by atoms with E-state index in [0.717, 1.165) is 22.2 Å². The minimum absolute atomic E-state index is 0.106. The van der Waals surface area contributed by atoms with Crippen LogP contribution in [0.4, 0.5) is 11.4 Å². The van der Waals surface area contributed by atoms with Crippen LogP contribution in [0.3, 0.4) is 0 Å². The Labute approximate surface area is 232 Å². The molecule has 2 aromatic heterocycles. The van der Waals surface area contributed by atoms with E-state index in [1.807, 2.05) is 61.5 Å². The van der Waals surface area contributed by atoms with Crippen molar-refractivity contribution in [3.8, 4) is 11.3 Å². The minimum Gasteiger partial charge on any atom is -0.397 e. The lowest BCUT2D eigenvalue weighted by Gasteiger charge is -2.05. The second-order valence-corrected chi connectivity index (χ2v) is 10.8. The zero-order chi connectivity index (χ0) is 27.5. The summed E-state index contributed by atoms with van der Waals surface area (Å²) in [5.74, 6) is 0.0498. The molecule has 0 fully saturated rings. The number of rotatable bonds is 7. The molecule has 0 unspecified atom stereocenters. The number of nitrogen functional groups attached to an aromatic ring is 1. The van der Waals surface area contributed by atoms with Gasteiger partial charge in [0.1, 0.15) is 9.71 Å². The van der Waals surface area contributed by atoms with Crippen LogP contribution in [0.25, 0.3) is 27.6 Å². The molecule has 3 N–H and O–H groups in total. The van der Waals surface area contributed by atoms with Gasteiger partial charge in [0.15, 0.2) is 5.78 Å². The van der Waals surface area contributed by atoms with Crippen LogP contribution >= 0.6 is 11.3 Å². The third-order valence-corrected chi connectivity index (χ3v) is 7.72. The number of benzene rings is 3. The summed E-state index contributed by atoms with van der Waals surface area (Å²) in [5.41, 5.74) is 13.1. The molecule has 0 saturated heterocycles. The first kappa shape index (κ1) is 26.1. The van der Waals surface area contributed by atoms with E-state index in [4.69, 9.17) is 10.7 Å². The van der Waals surface area contributed by atoms with Crippen molar-refractivity contribution in [3.63, 3.8) is 0 Å². The summed E-state index contributed by atoms with van der Waals surface area (Å²) in [6, 6.07) is 27.0. The Balaban J connectivity index is 1.27. The summed E-state index contributed by atoms with van der Waals surface area (Å²) >= 11 is 1.27. The van der Waals surface area contributed by atoms with E-state index < -0.39 is 0 Å². The first-order chi connectivity index (χ1) is 18.8. The van der Waals surface area contributed by atoms with E-state index in [0.29, 0.717) is 32.6 Å². The summed E-state index contributed by atoms with van der Waals surface area (Å²) in [7, 11) is 0. The second-order valence-electron chi connectivity index (χ2n) is 9.81. The van der Waals surface area contributed by atoms with Gasteiger partial charge < -0.3 is 11.1 Å². The van der Waals surface area contributed by atoms with E-state index in [1.54, 1.807) is 30.3 Å². The summed E-state index contributed by atoms with van der Waals surface area (Å²) in [5, 5.41) is 3.64. The van der Waals surface area contributed by atoms with Crippen LogP contribution in [0.15, 0.2) is 91.0 Å². The Kier molecular flexibility index (Phi) is 7.39. The first-order valence-electron chi connectivity index (χ1n) is 12.8. The molecule has 0 spiro atoms. The Morgan fingerprint density at radius 2 is 1.59 bits per heavy atom. The molecule has 5 nitrogen and oxygen atoms in total. The maximum absolute atomic E-state index is 13.1. The van der Waals surface area contributed by atoms with Crippen LogP contribution in [0, 0.1) is 6.92 Å². The van der Waals surface area contributed by atoms with Gasteiger partial charge in [0, 0.05) is 22.2 Å². The number of ketones is 1. The van der Waals surface area contributed by atoms with Gasteiger partial charge in [0.2, 0.25) is 0 Å². The third-order valence-electron chi connectivity index (χ3n) is 6.60. The summed E-state index contributed by atoms with van der Waals surface area (Å²) in [6.45, 7) is 6.34. The van der Waals surface area contributed by atoms with Gasteiger partial charge in [-0.05, 0) is 66.4 Å². The average Bonchev–Trinajstić information content (AvgIpc) is 3.28. The quantitative estimate of drug-likeness (QED) is 0.164. The van der Waals surface area contributed by atoms with Gasteiger partial charge in [-0.1, -0.05) is 74.0 Å². The number of thiophene rings is 1. The summed E-state index contributed by atoms with van der Waals surface area (Å²) < 4.78 is 0. The predicted molar refractivity (Wildman–Crippen MR) is 162 cm³/mol. The van der Waals surface area contributed by atoms with Crippen molar-refractivity contribution in [1.82, 2.24) is 4.98 Å². The second kappa shape index (κ2) is 11.1. The molecule has 194 valence electrons. The molecule has 0 aliphatic carbocycles. The van der Waals surface area contributed by atoms with Crippen molar-refractivity contribution in [3.05, 3.63) is 118 Å². The SMILES string of the molecule is Cc1ccc(-c2ccc3c(N)c(C(=O)Nc4ccc(C(=O)/C=C/c5ccc(C(C)C)cc5)cc4)sc3n2)cc1. The zero-order valence-corrected chi connectivity index (χ0v) is 22.9. The van der Waals surface area contributed by atoms with E-state index in [2.05, 4.69) is 31.3 Å². The molecule has 1 amide bonds. The van der Waals surface area contributed by atoms with Crippen molar-refractivity contribution in [2.75, 3.05) is 11.1 Å². The van der Waals surface area contributed by atoms with Gasteiger partial charge in [-0.25, -0.2) is 4.98 Å². The van der Waals surface area contributed by atoms with E-state index in [-0.39, 0.29) is 11.7 Å². The molecule has 5 rings (SSSR count). The van der Waals surface area contributed by atoms with Gasteiger partial charge in [-0.3, -0.25) is 9.59 Å². The number of amides is 1. The van der Waals surface area contributed by atoms with E-state index >= 15 is 0 Å². The molecule has 0 radical (unpaired) electrons. The number of anilines is 2. The van der Waals surface area contributed by atoms with Crippen LogP contribution in [0.5, 0.6) is 0 Å². The fraction of sp³-hybridized carbons (Fsp3) is 0.121. The molecule has 0 aliphatic rings. The Hall–Kier alpha value is -4.55. The van der Waals surface area contributed by atoms with Crippen LogP contribution in [0.1, 0.15) is 56.5 Å². The number of allylic oxidation sites excluding steroid dienone is 1. The molecule has 0 saturated carbocycles. The number of nitrogens with two attached hydrogens (primary N) is 1. The van der Waals surface area contributed by atoms with Crippen molar-refractivity contribution in [2.24, 2.45) is 0 Å². The lowest BCUT2D eigenvalue weighted by atomic mass is 10.0. The summed E-state index contributed by atoms with van der Waals surface area (Å²) in [4.78, 5) is 31.6. The number of aromatic nitrogens is 1. The highest BCUT2D eigenvalue weighted by Crippen LogP contribution is 2.34. The first-order valence-corrected chi connectivity index (χ1v) is 13.6. The Bertz CT molecular complexity index is 1680. The maximum Gasteiger partial charge on any atom is 0.267 e. The molecular weight excluding hydrogens is 502 g/mol. The molecule has 6 heteroatoms. The van der Waals surface area contributed by atoms with Crippen LogP contribution < -0.4 is 11.1 Å². The van der Waals surface area contributed by atoms with Crippen molar-refractivity contribution >= 4 is 50.7 Å². The minimum atomic E-state index is -0.309. The molecular formula is C33H29N3O2S. The third kappa shape index (κ3) is 5.81. The van der Waals surface area contributed by atoms with Gasteiger partial charge in [0.05, 0.1) is 11.4 Å². The standard InChI is InChI=1S/C33H29N3O2S/c1-20(2)23-11-6-22(7-12-23)8-19-29(37)25-13-15-26(16-14-25)35-32(38)31-30(34)27-17-18-28(36-33(27)39-31)24-9-4-21(3)5-10-24/h4-20H,34H2,1-3H3,(H,35,38)/b19-8+. The number of aryl methyl sites for hydroxylation is 1. The topological polar surface area (TPSA) is 85.1 Å². The van der Waals surface area contributed by atoms with Crippen molar-refractivity contribution in [2.45, 2.75) is 26.7 Å². The largest absolute Gasteiger partial charge is 0.397 e. The van der Waals surface area contributed by atoms with Gasteiger partial charge in [-0.15, -0.1) is 11.3 Å². The molecule has 3 aromatic carbocycles. The number of carbonyl (C=O) groups is 2. The molecule has 5 aromatic rings. The predicted octanol–water partition coefficient (Wildman–Crippen LogP) is 8.13. The monoisotopic (exact) mass is 531 g/mol. The number of nitrogens with one attached hydrogen (secondary N) is 1. The van der Waals surface area contributed by atoms with Gasteiger partial charge in [-0.2, -0.15) is 0 Å². The number of nitrogens with zero attached hydrogens (tertiary/aromatic N) is 1. The van der Waals surface area contributed by atoms with E-state index in [1.165, 1.54) is 22.5 Å². The van der Waals surface area contributed by atoms with Crippen LogP contribution in [-0.2, 0) is 0 Å². The smallest absolute Gasteiger partial charge is 0.267 e. The maximum atomic E-state index is 13.1. The van der Waals surface area contributed by atoms with Crippen molar-refractivity contribution < 1.29 is 9.59 Å². The molecule has 2 heterocycles. The normalized spacial score (nSPS) is 11.4. The highest BCUT2D eigenvalue weighted by atomic mass is 32.1. The molecule has 0 aliphatic heterocycles. The zero-order valence-electron chi connectivity index (χ0n) is 22.1. The highest BCUT2D eigenvalue weighted by Gasteiger charge is 2.18. The average molecular weight is 532 g/mol. The molecule has 0 bridgehead atoms. The Morgan fingerprint density at radius 1 is 0.897 bits per heavy atom. The fourth-order valence-corrected chi connectivity index (χ4v) is 5.21. The summed E-state index contributed by atoms with van der Waals surface area (Å²) in [6.07, 6.45) is 3.37. The van der Waals surface area contributed by atoms with Gasteiger partial charge >= 0.3 is 0 Å². The number of fused-ring (bicyclic) bond motifs is 1. The highest BCUT2D eigenvalue weighted by molar-refractivity contribution is 7.21. The van der Waals surface area contributed by atoms with E-state index in [9.17, 15) is 9.59 Å². The number of pyridine rings is 1. The number of carbonyl (C=O) groups excluding carboxylic acids is 2. The molecule has 39 heavy (non-hydrogen) atoms. The number of hydrogen-bond acceptors (Lipinski definition) is 5. The number of hydrogen-bond donors (Lipinski definition) is 2. The van der Waals surface area contributed by atoms with Crippen LogP contribution in [0.2, 0.25) is 0 Å².